The first-order valence-electron chi connectivity index (χ1n) is 10.4. The Balaban J connectivity index is 1.39. The molecule has 1 atom stereocenters. The normalized spacial score (nSPS) is 19.9. The Labute approximate surface area is 179 Å². The molecule has 31 heavy (non-hydrogen) atoms. The molecule has 1 aliphatic heterocycles. The van der Waals surface area contributed by atoms with Gasteiger partial charge >= 0.3 is 6.03 Å². The van der Waals surface area contributed by atoms with Crippen LogP contribution >= 0.6 is 0 Å². The number of furan rings is 1. The van der Waals surface area contributed by atoms with Crippen LogP contribution in [0.1, 0.15) is 45.1 Å². The number of carbonyl (C=O) groups excluding carboxylic acids is 3. The number of aromatic nitrogens is 1. The minimum absolute atomic E-state index is 0.259. The largest absolute Gasteiger partial charge is 0.467 e. The average molecular weight is 417 g/mol. The number of fused-ring (bicyclic) bond motifs is 2. The number of rotatable bonds is 5. The van der Waals surface area contributed by atoms with E-state index in [0.717, 1.165) is 39.6 Å². The van der Waals surface area contributed by atoms with Gasteiger partial charge in [0, 0.05) is 17.0 Å². The highest BCUT2D eigenvalue weighted by atomic mass is 16.3. The van der Waals surface area contributed by atoms with Crippen LogP contribution in [0.2, 0.25) is 0 Å². The molecule has 3 aromatic rings. The third kappa shape index (κ3) is 2.91. The number of hydrogen-bond acceptors (Lipinski definition) is 4. The van der Waals surface area contributed by atoms with Crippen molar-refractivity contribution in [3.63, 3.8) is 0 Å². The SMILES string of the molecule is Cc1cc(C(=O)CN2C(=O)N[C@]3(CCc4ccccc43)C2=O)c(C)n1Cc1ccco1. The first-order valence-corrected chi connectivity index (χ1v) is 10.4. The number of nitrogens with zero attached hydrogens (tertiary/aromatic N) is 2. The van der Waals surface area contributed by atoms with Crippen molar-refractivity contribution in [2.75, 3.05) is 6.54 Å². The highest BCUT2D eigenvalue weighted by Crippen LogP contribution is 2.41. The fraction of sp³-hybridized carbons (Fsp3) is 0.292. The monoisotopic (exact) mass is 417 g/mol. The fourth-order valence-electron chi connectivity index (χ4n) is 4.85. The number of amides is 3. The van der Waals surface area contributed by atoms with Gasteiger partial charge < -0.3 is 14.3 Å². The summed E-state index contributed by atoms with van der Waals surface area (Å²) in [5.74, 6) is 0.183. The number of hydrogen-bond donors (Lipinski definition) is 1. The Hall–Kier alpha value is -3.61. The number of benzene rings is 1. The van der Waals surface area contributed by atoms with Crippen LogP contribution in [0, 0.1) is 13.8 Å². The topological polar surface area (TPSA) is 84.5 Å². The number of carbonyl (C=O) groups is 3. The second-order valence-corrected chi connectivity index (χ2v) is 8.26. The zero-order valence-corrected chi connectivity index (χ0v) is 17.5. The zero-order chi connectivity index (χ0) is 21.8. The second-order valence-electron chi connectivity index (χ2n) is 8.26. The Bertz CT molecular complexity index is 1210. The number of nitrogens with one attached hydrogen (secondary N) is 1. The third-order valence-electron chi connectivity index (χ3n) is 6.49. The standard InChI is InChI=1S/C24H23N3O4/c1-15-12-19(16(2)26(15)13-18-7-5-11-31-18)21(28)14-27-22(29)24(25-23(27)30)10-9-17-6-3-4-8-20(17)24/h3-8,11-12H,9-10,13-14H2,1-2H3,(H,25,30)/t24-/m0/s1. The van der Waals surface area contributed by atoms with Crippen molar-refractivity contribution in [3.8, 4) is 0 Å². The second kappa shape index (κ2) is 6.97. The smallest absolute Gasteiger partial charge is 0.325 e. The molecule has 1 fully saturated rings. The molecule has 2 aromatic heterocycles. The van der Waals surface area contributed by atoms with Crippen LogP contribution in [0.4, 0.5) is 4.79 Å². The molecule has 1 N–H and O–H groups in total. The minimum atomic E-state index is -1.05. The molecule has 0 saturated carbocycles. The van der Waals surface area contributed by atoms with Gasteiger partial charge in [0.2, 0.25) is 0 Å². The molecular weight excluding hydrogens is 394 g/mol. The highest BCUT2D eigenvalue weighted by molar-refractivity contribution is 6.12. The fourth-order valence-corrected chi connectivity index (χ4v) is 4.85. The van der Waals surface area contributed by atoms with Crippen LogP contribution in [0.5, 0.6) is 0 Å². The number of aryl methyl sites for hydroxylation is 2. The van der Waals surface area contributed by atoms with Gasteiger partial charge in [-0.1, -0.05) is 24.3 Å². The summed E-state index contributed by atoms with van der Waals surface area (Å²) in [5.41, 5.74) is 3.05. The van der Waals surface area contributed by atoms with Gasteiger partial charge in [0.15, 0.2) is 5.78 Å². The third-order valence-corrected chi connectivity index (χ3v) is 6.49. The maximum atomic E-state index is 13.3. The summed E-state index contributed by atoms with van der Waals surface area (Å²) in [7, 11) is 0. The lowest BCUT2D eigenvalue weighted by Gasteiger charge is -2.22. The van der Waals surface area contributed by atoms with E-state index in [1.807, 2.05) is 54.8 Å². The zero-order valence-electron chi connectivity index (χ0n) is 17.5. The van der Waals surface area contributed by atoms with Crippen molar-refractivity contribution >= 4 is 17.7 Å². The Morgan fingerprint density at radius 3 is 2.74 bits per heavy atom. The molecule has 2 aliphatic rings. The molecule has 0 unspecified atom stereocenters. The molecule has 7 nitrogen and oxygen atoms in total. The average Bonchev–Trinajstić information content (AvgIpc) is 3.51. The van der Waals surface area contributed by atoms with Gasteiger partial charge in [-0.3, -0.25) is 14.5 Å². The molecule has 158 valence electrons. The van der Waals surface area contributed by atoms with Crippen molar-refractivity contribution in [3.05, 3.63) is 82.6 Å². The lowest BCUT2D eigenvalue weighted by atomic mass is 9.92. The number of Topliss-reactive ketones (excluding diaryl/α,β-unsaturated/α-hetero) is 1. The highest BCUT2D eigenvalue weighted by Gasteiger charge is 2.55. The molecule has 1 spiro atoms. The van der Waals surface area contributed by atoms with Crippen LogP contribution in [-0.2, 0) is 23.3 Å². The van der Waals surface area contributed by atoms with Crippen molar-refractivity contribution < 1.29 is 18.8 Å². The first-order chi connectivity index (χ1) is 14.9. The predicted molar refractivity (Wildman–Crippen MR) is 113 cm³/mol. The van der Waals surface area contributed by atoms with E-state index in [2.05, 4.69) is 5.32 Å². The van der Waals surface area contributed by atoms with Crippen molar-refractivity contribution in [1.82, 2.24) is 14.8 Å². The molecule has 0 radical (unpaired) electrons. The van der Waals surface area contributed by atoms with E-state index in [1.54, 1.807) is 12.3 Å². The van der Waals surface area contributed by atoms with Crippen LogP contribution in [0.25, 0.3) is 0 Å². The summed E-state index contributed by atoms with van der Waals surface area (Å²) >= 11 is 0. The molecule has 5 rings (SSSR count). The number of ketones is 1. The summed E-state index contributed by atoms with van der Waals surface area (Å²) in [5, 5.41) is 2.87. The Morgan fingerprint density at radius 1 is 1.16 bits per heavy atom. The van der Waals surface area contributed by atoms with Gasteiger partial charge in [-0.05, 0) is 56.0 Å². The molecule has 1 saturated heterocycles. The lowest BCUT2D eigenvalue weighted by molar-refractivity contribution is -0.131. The van der Waals surface area contributed by atoms with E-state index in [9.17, 15) is 14.4 Å². The Morgan fingerprint density at radius 2 is 1.97 bits per heavy atom. The molecule has 1 aliphatic carbocycles. The van der Waals surface area contributed by atoms with E-state index in [1.165, 1.54) is 0 Å². The van der Waals surface area contributed by atoms with E-state index >= 15 is 0 Å². The maximum absolute atomic E-state index is 13.3. The minimum Gasteiger partial charge on any atom is -0.467 e. The van der Waals surface area contributed by atoms with Gasteiger partial charge in [-0.25, -0.2) is 4.79 Å². The molecule has 3 heterocycles. The van der Waals surface area contributed by atoms with E-state index in [-0.39, 0.29) is 18.2 Å². The van der Waals surface area contributed by atoms with Gasteiger partial charge in [-0.2, -0.15) is 0 Å². The van der Waals surface area contributed by atoms with E-state index in [0.29, 0.717) is 18.5 Å². The molecule has 1 aromatic carbocycles. The van der Waals surface area contributed by atoms with Crippen LogP contribution in [0.3, 0.4) is 0 Å². The maximum Gasteiger partial charge on any atom is 0.325 e. The van der Waals surface area contributed by atoms with E-state index in [4.69, 9.17) is 4.42 Å². The van der Waals surface area contributed by atoms with Crippen molar-refractivity contribution in [1.29, 1.82) is 0 Å². The molecule has 3 amide bonds. The molecule has 7 heteroatoms. The number of urea groups is 1. The Kier molecular flexibility index (Phi) is 4.36. The summed E-state index contributed by atoms with van der Waals surface area (Å²) < 4.78 is 7.42. The van der Waals surface area contributed by atoms with Gasteiger partial charge in [-0.15, -0.1) is 0 Å². The predicted octanol–water partition coefficient (Wildman–Crippen LogP) is 3.32. The van der Waals surface area contributed by atoms with Crippen LogP contribution in [0.15, 0.2) is 53.1 Å². The van der Waals surface area contributed by atoms with Gasteiger partial charge in [0.05, 0.1) is 19.4 Å². The summed E-state index contributed by atoms with van der Waals surface area (Å²) in [6.07, 6.45) is 2.85. The first kappa shape index (κ1) is 19.4. The number of imide groups is 1. The molecule has 0 bridgehead atoms. The quantitative estimate of drug-likeness (QED) is 0.510. The summed E-state index contributed by atoms with van der Waals surface area (Å²) in [6.45, 7) is 4.02. The summed E-state index contributed by atoms with van der Waals surface area (Å²) in [6, 6.07) is 12.7. The molecular formula is C24H23N3O4. The van der Waals surface area contributed by atoms with Gasteiger partial charge in [0.1, 0.15) is 11.3 Å². The summed E-state index contributed by atoms with van der Waals surface area (Å²) in [4.78, 5) is 40.2. The van der Waals surface area contributed by atoms with Crippen molar-refractivity contribution in [2.45, 2.75) is 38.8 Å². The lowest BCUT2D eigenvalue weighted by Crippen LogP contribution is -2.42. The van der Waals surface area contributed by atoms with Crippen LogP contribution in [-0.4, -0.2) is 33.7 Å². The van der Waals surface area contributed by atoms with Crippen molar-refractivity contribution in [2.24, 2.45) is 0 Å². The van der Waals surface area contributed by atoms with Crippen LogP contribution < -0.4 is 5.32 Å². The van der Waals surface area contributed by atoms with Gasteiger partial charge in [0.25, 0.3) is 5.91 Å². The van der Waals surface area contributed by atoms with E-state index < -0.39 is 11.6 Å².